The molecular weight excluding hydrogens is 286 g/mol. The smallest absolute Gasteiger partial charge is 0.0420 e. The number of benzene rings is 2. The summed E-state index contributed by atoms with van der Waals surface area (Å²) in [5.41, 5.74) is 1.26. The van der Waals surface area contributed by atoms with Gasteiger partial charge < -0.3 is 5.32 Å². The van der Waals surface area contributed by atoms with Crippen molar-refractivity contribution in [2.75, 3.05) is 11.9 Å². The third-order valence-electron chi connectivity index (χ3n) is 3.93. The van der Waals surface area contributed by atoms with Crippen LogP contribution in [-0.2, 0) is 0 Å². The summed E-state index contributed by atoms with van der Waals surface area (Å²) < 4.78 is 1.17. The summed E-state index contributed by atoms with van der Waals surface area (Å²) in [6.45, 7) is 1.12. The molecule has 2 aromatic rings. The third kappa shape index (κ3) is 2.39. The first-order valence-corrected chi connectivity index (χ1v) is 7.55. The molecule has 0 atom stereocenters. The second-order valence-electron chi connectivity index (χ2n) is 5.17. The SMILES string of the molecule is Brc1ccc(NCC2CCCC2)c2ccccc12. The fraction of sp³-hybridized carbons (Fsp3) is 0.375. The summed E-state index contributed by atoms with van der Waals surface area (Å²) in [5.74, 6) is 0.868. The zero-order valence-corrected chi connectivity index (χ0v) is 12.0. The van der Waals surface area contributed by atoms with E-state index in [2.05, 4.69) is 57.6 Å². The zero-order valence-electron chi connectivity index (χ0n) is 10.5. The summed E-state index contributed by atoms with van der Waals surface area (Å²) in [6, 6.07) is 12.9. The molecule has 18 heavy (non-hydrogen) atoms. The minimum Gasteiger partial charge on any atom is -0.384 e. The van der Waals surface area contributed by atoms with Crippen molar-refractivity contribution in [3.8, 4) is 0 Å². The molecule has 0 heterocycles. The molecule has 1 saturated carbocycles. The van der Waals surface area contributed by atoms with Gasteiger partial charge in [-0.15, -0.1) is 0 Å². The lowest BCUT2D eigenvalue weighted by molar-refractivity contribution is 0.580. The number of rotatable bonds is 3. The minimum absolute atomic E-state index is 0.868. The predicted molar refractivity (Wildman–Crippen MR) is 82.1 cm³/mol. The molecular formula is C16H18BrN. The van der Waals surface area contributed by atoms with Crippen LogP contribution in [0.15, 0.2) is 40.9 Å². The highest BCUT2D eigenvalue weighted by atomic mass is 79.9. The van der Waals surface area contributed by atoms with E-state index in [1.165, 1.54) is 46.6 Å². The summed E-state index contributed by atoms with van der Waals surface area (Å²) >= 11 is 3.62. The molecule has 0 bridgehead atoms. The van der Waals surface area contributed by atoms with Crippen molar-refractivity contribution < 1.29 is 0 Å². The Bertz CT molecular complexity index is 544. The summed E-state index contributed by atoms with van der Waals surface area (Å²) in [6.07, 6.45) is 5.60. The van der Waals surface area contributed by atoms with Crippen LogP contribution >= 0.6 is 15.9 Å². The standard InChI is InChI=1S/C16H18BrN/c17-15-9-10-16(14-8-4-3-7-13(14)15)18-11-12-5-1-2-6-12/h3-4,7-10,12,18H,1-2,5-6,11H2. The Labute approximate surface area is 117 Å². The molecule has 0 radical (unpaired) electrons. The lowest BCUT2D eigenvalue weighted by Crippen LogP contribution is -2.11. The number of halogens is 1. The van der Waals surface area contributed by atoms with E-state index in [0.29, 0.717) is 0 Å². The maximum absolute atomic E-state index is 3.64. The molecule has 1 N–H and O–H groups in total. The van der Waals surface area contributed by atoms with Crippen LogP contribution in [0.5, 0.6) is 0 Å². The first-order valence-electron chi connectivity index (χ1n) is 6.76. The van der Waals surface area contributed by atoms with Gasteiger partial charge in [-0.1, -0.05) is 53.0 Å². The van der Waals surface area contributed by atoms with Crippen LogP contribution in [0.2, 0.25) is 0 Å². The maximum Gasteiger partial charge on any atom is 0.0420 e. The van der Waals surface area contributed by atoms with E-state index in [1.807, 2.05) is 0 Å². The number of hydrogen-bond acceptors (Lipinski definition) is 1. The van der Waals surface area contributed by atoms with Gasteiger partial charge in [-0.3, -0.25) is 0 Å². The van der Waals surface area contributed by atoms with E-state index in [0.717, 1.165) is 12.5 Å². The average Bonchev–Trinajstić information content (AvgIpc) is 2.92. The predicted octanol–water partition coefficient (Wildman–Crippen LogP) is 5.20. The van der Waals surface area contributed by atoms with E-state index >= 15 is 0 Å². The molecule has 0 saturated heterocycles. The number of nitrogens with one attached hydrogen (secondary N) is 1. The van der Waals surface area contributed by atoms with Crippen molar-refractivity contribution in [3.63, 3.8) is 0 Å². The summed E-state index contributed by atoms with van der Waals surface area (Å²) in [5, 5.41) is 6.23. The van der Waals surface area contributed by atoms with Crippen molar-refractivity contribution >= 4 is 32.4 Å². The van der Waals surface area contributed by atoms with E-state index in [-0.39, 0.29) is 0 Å². The summed E-state index contributed by atoms with van der Waals surface area (Å²) in [4.78, 5) is 0. The molecule has 0 aliphatic heterocycles. The zero-order chi connectivity index (χ0) is 12.4. The van der Waals surface area contributed by atoms with Gasteiger partial charge in [-0.05, 0) is 36.3 Å². The first kappa shape index (κ1) is 12.0. The van der Waals surface area contributed by atoms with Crippen LogP contribution in [0.3, 0.4) is 0 Å². The molecule has 1 aliphatic carbocycles. The lowest BCUT2D eigenvalue weighted by Gasteiger charge is -2.14. The fourth-order valence-electron chi connectivity index (χ4n) is 2.89. The Kier molecular flexibility index (Phi) is 3.55. The molecule has 0 aromatic heterocycles. The monoisotopic (exact) mass is 303 g/mol. The van der Waals surface area contributed by atoms with Crippen LogP contribution in [0.4, 0.5) is 5.69 Å². The topological polar surface area (TPSA) is 12.0 Å². The maximum atomic E-state index is 3.64. The first-order chi connectivity index (χ1) is 8.84. The van der Waals surface area contributed by atoms with E-state index in [9.17, 15) is 0 Å². The average molecular weight is 304 g/mol. The molecule has 1 fully saturated rings. The van der Waals surface area contributed by atoms with Crippen molar-refractivity contribution in [1.29, 1.82) is 0 Å². The van der Waals surface area contributed by atoms with E-state index < -0.39 is 0 Å². The molecule has 2 aromatic carbocycles. The number of anilines is 1. The van der Waals surface area contributed by atoms with Crippen LogP contribution in [0, 0.1) is 5.92 Å². The van der Waals surface area contributed by atoms with Gasteiger partial charge in [0.05, 0.1) is 0 Å². The van der Waals surface area contributed by atoms with E-state index in [1.54, 1.807) is 0 Å². The highest BCUT2D eigenvalue weighted by Crippen LogP contribution is 2.31. The van der Waals surface area contributed by atoms with Crippen molar-refractivity contribution in [2.24, 2.45) is 5.92 Å². The van der Waals surface area contributed by atoms with Crippen molar-refractivity contribution in [1.82, 2.24) is 0 Å². The second kappa shape index (κ2) is 5.31. The number of fused-ring (bicyclic) bond motifs is 1. The van der Waals surface area contributed by atoms with E-state index in [4.69, 9.17) is 0 Å². The Hall–Kier alpha value is -1.02. The van der Waals surface area contributed by atoms with Gasteiger partial charge in [-0.25, -0.2) is 0 Å². The van der Waals surface area contributed by atoms with Gasteiger partial charge >= 0.3 is 0 Å². The molecule has 1 aliphatic rings. The largest absolute Gasteiger partial charge is 0.384 e. The van der Waals surface area contributed by atoms with Gasteiger partial charge in [-0.2, -0.15) is 0 Å². The molecule has 94 valence electrons. The van der Waals surface area contributed by atoms with Gasteiger partial charge in [0.15, 0.2) is 0 Å². The molecule has 0 spiro atoms. The van der Waals surface area contributed by atoms with Gasteiger partial charge in [0.1, 0.15) is 0 Å². The van der Waals surface area contributed by atoms with Gasteiger partial charge in [0, 0.05) is 22.1 Å². The Balaban J connectivity index is 1.85. The van der Waals surface area contributed by atoms with Crippen LogP contribution in [0.1, 0.15) is 25.7 Å². The minimum atomic E-state index is 0.868. The second-order valence-corrected chi connectivity index (χ2v) is 6.03. The fourth-order valence-corrected chi connectivity index (χ4v) is 3.36. The van der Waals surface area contributed by atoms with Crippen LogP contribution < -0.4 is 5.32 Å². The highest BCUT2D eigenvalue weighted by molar-refractivity contribution is 9.10. The highest BCUT2D eigenvalue weighted by Gasteiger charge is 2.14. The molecule has 0 unspecified atom stereocenters. The van der Waals surface area contributed by atoms with Gasteiger partial charge in [0.25, 0.3) is 0 Å². The molecule has 0 amide bonds. The van der Waals surface area contributed by atoms with Gasteiger partial charge in [0.2, 0.25) is 0 Å². The Morgan fingerprint density at radius 3 is 2.50 bits per heavy atom. The van der Waals surface area contributed by atoms with Crippen molar-refractivity contribution in [3.05, 3.63) is 40.9 Å². The number of hydrogen-bond donors (Lipinski definition) is 1. The normalized spacial score (nSPS) is 16.3. The molecule has 1 nitrogen and oxygen atoms in total. The lowest BCUT2D eigenvalue weighted by atomic mass is 10.1. The van der Waals surface area contributed by atoms with Crippen molar-refractivity contribution in [2.45, 2.75) is 25.7 Å². The van der Waals surface area contributed by atoms with Crippen LogP contribution in [0.25, 0.3) is 10.8 Å². The molecule has 3 rings (SSSR count). The Morgan fingerprint density at radius 1 is 1.00 bits per heavy atom. The Morgan fingerprint density at radius 2 is 1.72 bits per heavy atom. The third-order valence-corrected chi connectivity index (χ3v) is 4.62. The molecule has 2 heteroatoms. The van der Waals surface area contributed by atoms with Crippen LogP contribution in [-0.4, -0.2) is 6.54 Å². The summed E-state index contributed by atoms with van der Waals surface area (Å²) in [7, 11) is 0. The quantitative estimate of drug-likeness (QED) is 0.821.